The van der Waals surface area contributed by atoms with Crippen molar-refractivity contribution >= 4 is 0 Å². The summed E-state index contributed by atoms with van der Waals surface area (Å²) in [5.41, 5.74) is 2.88. The molecule has 1 atom stereocenters. The number of hydrogen-bond donors (Lipinski definition) is 1. The molecule has 0 aliphatic rings. The van der Waals surface area contributed by atoms with Gasteiger partial charge in [-0.2, -0.15) is 5.10 Å². The molecule has 0 spiro atoms. The van der Waals surface area contributed by atoms with Crippen LogP contribution in [0.15, 0.2) is 24.4 Å². The van der Waals surface area contributed by atoms with E-state index in [1.165, 1.54) is 6.07 Å². The number of nitrogens with zero attached hydrogens (tertiary/aromatic N) is 2. The van der Waals surface area contributed by atoms with Gasteiger partial charge in [0.15, 0.2) is 0 Å². The number of rotatable bonds is 3. The van der Waals surface area contributed by atoms with Crippen molar-refractivity contribution < 1.29 is 9.50 Å². The van der Waals surface area contributed by atoms with Crippen molar-refractivity contribution in [3.05, 3.63) is 52.6 Å². The first-order valence-electron chi connectivity index (χ1n) is 5.99. The van der Waals surface area contributed by atoms with Crippen LogP contribution in [0.1, 0.15) is 35.4 Å². The average molecular weight is 248 g/mol. The number of aliphatic hydroxyl groups is 1. The zero-order valence-corrected chi connectivity index (χ0v) is 10.8. The summed E-state index contributed by atoms with van der Waals surface area (Å²) in [6.45, 7) is 3.68. The molecule has 0 radical (unpaired) electrons. The van der Waals surface area contributed by atoms with E-state index in [0.29, 0.717) is 11.1 Å². The molecule has 1 heterocycles. The van der Waals surface area contributed by atoms with Gasteiger partial charge >= 0.3 is 0 Å². The fourth-order valence-electron chi connectivity index (χ4n) is 2.07. The van der Waals surface area contributed by atoms with Gasteiger partial charge in [0.2, 0.25) is 0 Å². The van der Waals surface area contributed by atoms with E-state index in [2.05, 4.69) is 5.10 Å². The van der Waals surface area contributed by atoms with Gasteiger partial charge in [0.25, 0.3) is 0 Å². The topological polar surface area (TPSA) is 38.0 Å². The molecule has 1 N–H and O–H groups in total. The van der Waals surface area contributed by atoms with Crippen LogP contribution in [-0.2, 0) is 13.5 Å². The molecule has 18 heavy (non-hydrogen) atoms. The second-order valence-corrected chi connectivity index (χ2v) is 4.47. The molecule has 0 saturated carbocycles. The Morgan fingerprint density at radius 1 is 1.44 bits per heavy atom. The van der Waals surface area contributed by atoms with E-state index in [1.54, 1.807) is 23.7 Å². The van der Waals surface area contributed by atoms with Gasteiger partial charge in [-0.1, -0.05) is 19.1 Å². The maximum absolute atomic E-state index is 13.2. The van der Waals surface area contributed by atoms with E-state index in [0.717, 1.165) is 17.7 Å². The van der Waals surface area contributed by atoms with Gasteiger partial charge in [-0.3, -0.25) is 4.68 Å². The summed E-state index contributed by atoms with van der Waals surface area (Å²) < 4.78 is 14.9. The van der Waals surface area contributed by atoms with Crippen molar-refractivity contribution in [2.24, 2.45) is 7.05 Å². The zero-order chi connectivity index (χ0) is 13.3. The minimum atomic E-state index is -0.757. The highest BCUT2D eigenvalue weighted by molar-refractivity contribution is 5.34. The highest BCUT2D eigenvalue weighted by Crippen LogP contribution is 2.26. The zero-order valence-electron chi connectivity index (χ0n) is 10.8. The highest BCUT2D eigenvalue weighted by atomic mass is 19.1. The molecule has 2 aromatic rings. The van der Waals surface area contributed by atoms with Crippen molar-refractivity contribution in [3.8, 4) is 0 Å². The molecule has 4 heteroatoms. The van der Waals surface area contributed by atoms with Crippen LogP contribution in [0, 0.1) is 12.7 Å². The molecule has 2 rings (SSSR count). The molecule has 0 aliphatic carbocycles. The lowest BCUT2D eigenvalue weighted by Crippen LogP contribution is -2.02. The average Bonchev–Trinajstić information content (AvgIpc) is 2.73. The SMILES string of the molecule is CCc1nn(C)cc1C(O)c1ccc(F)c(C)c1. The summed E-state index contributed by atoms with van der Waals surface area (Å²) in [5.74, 6) is -0.257. The number of hydrogen-bond acceptors (Lipinski definition) is 2. The lowest BCUT2D eigenvalue weighted by Gasteiger charge is -2.11. The molecule has 1 aromatic carbocycles. The Bertz CT molecular complexity index is 563. The van der Waals surface area contributed by atoms with E-state index >= 15 is 0 Å². The van der Waals surface area contributed by atoms with E-state index in [1.807, 2.05) is 20.2 Å². The molecule has 3 nitrogen and oxygen atoms in total. The quantitative estimate of drug-likeness (QED) is 0.906. The molecular formula is C14H17FN2O. The number of aryl methyl sites for hydroxylation is 3. The molecule has 1 aromatic heterocycles. The number of aliphatic hydroxyl groups excluding tert-OH is 1. The first-order chi connectivity index (χ1) is 8.52. The fraction of sp³-hybridized carbons (Fsp3) is 0.357. The smallest absolute Gasteiger partial charge is 0.126 e. The van der Waals surface area contributed by atoms with Gasteiger partial charge in [0.05, 0.1) is 5.69 Å². The van der Waals surface area contributed by atoms with Gasteiger partial charge in [-0.05, 0) is 30.5 Å². The largest absolute Gasteiger partial charge is 0.384 e. The predicted octanol–water partition coefficient (Wildman–Crippen LogP) is 2.51. The summed E-state index contributed by atoms with van der Waals surface area (Å²) in [6, 6.07) is 4.67. The molecule has 96 valence electrons. The molecule has 0 amide bonds. The first-order valence-corrected chi connectivity index (χ1v) is 5.99. The van der Waals surface area contributed by atoms with Crippen molar-refractivity contribution in [3.63, 3.8) is 0 Å². The second-order valence-electron chi connectivity index (χ2n) is 4.47. The van der Waals surface area contributed by atoms with Crippen molar-refractivity contribution in [1.29, 1.82) is 0 Å². The van der Waals surface area contributed by atoms with Gasteiger partial charge in [-0.25, -0.2) is 4.39 Å². The highest BCUT2D eigenvalue weighted by Gasteiger charge is 2.17. The van der Waals surface area contributed by atoms with Crippen LogP contribution in [0.25, 0.3) is 0 Å². The Balaban J connectivity index is 2.40. The standard InChI is InChI=1S/C14H17FN2O/c1-4-13-11(8-17(3)16-13)14(18)10-5-6-12(15)9(2)7-10/h5-8,14,18H,4H2,1-3H3. The molecule has 0 bridgehead atoms. The monoisotopic (exact) mass is 248 g/mol. The minimum Gasteiger partial charge on any atom is -0.384 e. The molecule has 0 fully saturated rings. The van der Waals surface area contributed by atoms with Crippen LogP contribution >= 0.6 is 0 Å². The Hall–Kier alpha value is -1.68. The summed E-state index contributed by atoms with van der Waals surface area (Å²) in [5, 5.41) is 14.7. The van der Waals surface area contributed by atoms with Crippen molar-refractivity contribution in [2.45, 2.75) is 26.4 Å². The van der Waals surface area contributed by atoms with E-state index in [4.69, 9.17) is 0 Å². The maximum Gasteiger partial charge on any atom is 0.126 e. The van der Waals surface area contributed by atoms with Crippen LogP contribution in [0.4, 0.5) is 4.39 Å². The predicted molar refractivity (Wildman–Crippen MR) is 67.8 cm³/mol. The number of aromatic nitrogens is 2. The van der Waals surface area contributed by atoms with Gasteiger partial charge < -0.3 is 5.11 Å². The first kappa shape index (κ1) is 12.8. The van der Waals surface area contributed by atoms with E-state index < -0.39 is 6.10 Å². The summed E-state index contributed by atoms with van der Waals surface area (Å²) in [6.07, 6.45) is 1.81. The molecule has 1 unspecified atom stereocenters. The van der Waals surface area contributed by atoms with Crippen LogP contribution < -0.4 is 0 Å². The third-order valence-electron chi connectivity index (χ3n) is 3.06. The third-order valence-corrected chi connectivity index (χ3v) is 3.06. The number of benzene rings is 1. The van der Waals surface area contributed by atoms with Crippen LogP contribution in [0.2, 0.25) is 0 Å². The summed E-state index contributed by atoms with van der Waals surface area (Å²) in [4.78, 5) is 0. The molecular weight excluding hydrogens is 231 g/mol. The number of halogens is 1. The van der Waals surface area contributed by atoms with Gasteiger partial charge in [0, 0.05) is 18.8 Å². The minimum absolute atomic E-state index is 0.257. The fourth-order valence-corrected chi connectivity index (χ4v) is 2.07. The Kier molecular flexibility index (Phi) is 3.48. The van der Waals surface area contributed by atoms with Gasteiger partial charge in [-0.15, -0.1) is 0 Å². The van der Waals surface area contributed by atoms with Gasteiger partial charge in [0.1, 0.15) is 11.9 Å². The van der Waals surface area contributed by atoms with Crippen molar-refractivity contribution in [2.75, 3.05) is 0 Å². The Labute approximate surface area is 106 Å². The third kappa shape index (κ3) is 2.29. The summed E-state index contributed by atoms with van der Waals surface area (Å²) in [7, 11) is 1.82. The van der Waals surface area contributed by atoms with Crippen LogP contribution in [0.5, 0.6) is 0 Å². The van der Waals surface area contributed by atoms with Crippen LogP contribution in [0.3, 0.4) is 0 Å². The Morgan fingerprint density at radius 2 is 2.17 bits per heavy atom. The normalized spacial score (nSPS) is 12.7. The lowest BCUT2D eigenvalue weighted by atomic mass is 9.99. The van der Waals surface area contributed by atoms with Crippen LogP contribution in [-0.4, -0.2) is 14.9 Å². The molecule has 0 aliphatic heterocycles. The maximum atomic E-state index is 13.2. The van der Waals surface area contributed by atoms with E-state index in [-0.39, 0.29) is 5.82 Å². The van der Waals surface area contributed by atoms with Crippen molar-refractivity contribution in [1.82, 2.24) is 9.78 Å². The van der Waals surface area contributed by atoms with E-state index in [9.17, 15) is 9.50 Å². The molecule has 0 saturated heterocycles. The lowest BCUT2D eigenvalue weighted by molar-refractivity contribution is 0.219. The second kappa shape index (κ2) is 4.90. The summed E-state index contributed by atoms with van der Waals surface area (Å²) >= 11 is 0. The Morgan fingerprint density at radius 3 is 2.78 bits per heavy atom.